The Morgan fingerprint density at radius 3 is 2.95 bits per heavy atom. The Kier molecular flexibility index (Phi) is 4.35. The number of aromatic nitrogens is 1. The molecule has 0 bridgehead atoms. The van der Waals surface area contributed by atoms with Gasteiger partial charge in [0.15, 0.2) is 11.1 Å². The molecule has 5 nitrogen and oxygen atoms in total. The molecule has 1 aliphatic heterocycles. The van der Waals surface area contributed by atoms with Crippen LogP contribution in [0.25, 0.3) is 0 Å². The summed E-state index contributed by atoms with van der Waals surface area (Å²) in [6, 6.07) is 8.02. The van der Waals surface area contributed by atoms with Crippen molar-refractivity contribution in [3.63, 3.8) is 0 Å². The number of hydrogen-bond donors (Lipinski definition) is 2. The van der Waals surface area contributed by atoms with E-state index in [0.717, 1.165) is 42.0 Å². The summed E-state index contributed by atoms with van der Waals surface area (Å²) in [5.41, 5.74) is 2.14. The van der Waals surface area contributed by atoms with Crippen molar-refractivity contribution in [1.82, 2.24) is 10.3 Å². The maximum absolute atomic E-state index is 5.72. The Morgan fingerprint density at radius 2 is 2.19 bits per heavy atom. The molecule has 2 aromatic rings. The van der Waals surface area contributed by atoms with Crippen LogP contribution in [0.3, 0.4) is 0 Å². The largest absolute Gasteiger partial charge is 0.487 e. The summed E-state index contributed by atoms with van der Waals surface area (Å²) in [5.74, 6) is 1.67. The second-order valence-corrected chi connectivity index (χ2v) is 5.74. The van der Waals surface area contributed by atoms with Gasteiger partial charge >= 0.3 is 0 Å². The van der Waals surface area contributed by atoms with E-state index in [9.17, 15) is 0 Å². The molecule has 0 fully saturated rings. The van der Waals surface area contributed by atoms with E-state index in [-0.39, 0.29) is 0 Å². The van der Waals surface area contributed by atoms with E-state index >= 15 is 0 Å². The van der Waals surface area contributed by atoms with Crippen LogP contribution in [0.5, 0.6) is 5.75 Å². The zero-order valence-electron chi connectivity index (χ0n) is 11.9. The van der Waals surface area contributed by atoms with Crippen LogP contribution in [0, 0.1) is 6.92 Å². The molecule has 2 heterocycles. The molecular weight excluding hydrogens is 284 g/mol. The fourth-order valence-corrected chi connectivity index (χ4v) is 2.63. The summed E-state index contributed by atoms with van der Waals surface area (Å²) < 4.78 is 5.72. The monoisotopic (exact) mass is 302 g/mol. The number of nitrogens with one attached hydrogen (secondary N) is 2. The van der Waals surface area contributed by atoms with E-state index in [1.54, 1.807) is 11.3 Å². The lowest BCUT2D eigenvalue weighted by atomic mass is 10.2. The third-order valence-corrected chi connectivity index (χ3v) is 3.89. The number of guanidine groups is 1. The van der Waals surface area contributed by atoms with E-state index in [0.29, 0.717) is 6.61 Å². The van der Waals surface area contributed by atoms with Gasteiger partial charge in [-0.3, -0.25) is 4.99 Å². The number of rotatable bonds is 4. The number of hydrogen-bond acceptors (Lipinski definition) is 6. The smallest absolute Gasteiger partial charge is 0.197 e. The number of aliphatic imine (C=N–C) groups is 1. The highest BCUT2D eigenvalue weighted by molar-refractivity contribution is 7.13. The molecule has 0 atom stereocenters. The van der Waals surface area contributed by atoms with Gasteiger partial charge in [0.2, 0.25) is 0 Å². The Balaban J connectivity index is 1.55. The molecule has 3 rings (SSSR count). The lowest BCUT2D eigenvalue weighted by Gasteiger charge is -2.14. The summed E-state index contributed by atoms with van der Waals surface area (Å²) in [5, 5.41) is 9.25. The maximum Gasteiger partial charge on any atom is 0.197 e. The number of benzene rings is 1. The lowest BCUT2D eigenvalue weighted by Crippen LogP contribution is -2.35. The highest BCUT2D eigenvalue weighted by atomic mass is 32.1. The Bertz CT molecular complexity index is 621. The molecule has 2 N–H and O–H groups in total. The SMILES string of the molecule is Cc1ccc(OCc2csc(NC3=NCCCN3)n2)cc1. The summed E-state index contributed by atoms with van der Waals surface area (Å²) in [6.07, 6.45) is 1.08. The predicted octanol–water partition coefficient (Wildman–Crippen LogP) is 2.79. The number of nitrogens with zero attached hydrogens (tertiary/aromatic N) is 2. The van der Waals surface area contributed by atoms with Crippen molar-refractivity contribution in [2.75, 3.05) is 18.4 Å². The summed E-state index contributed by atoms with van der Waals surface area (Å²) in [6.45, 7) is 4.36. The average Bonchev–Trinajstić information content (AvgIpc) is 2.95. The van der Waals surface area contributed by atoms with Gasteiger partial charge in [-0.05, 0) is 25.5 Å². The number of ether oxygens (including phenoxy) is 1. The van der Waals surface area contributed by atoms with Crippen molar-refractivity contribution < 1.29 is 4.74 Å². The van der Waals surface area contributed by atoms with Crippen molar-refractivity contribution in [3.8, 4) is 5.75 Å². The predicted molar refractivity (Wildman–Crippen MR) is 86.2 cm³/mol. The van der Waals surface area contributed by atoms with Gasteiger partial charge < -0.3 is 15.4 Å². The van der Waals surface area contributed by atoms with Gasteiger partial charge in [0.25, 0.3) is 0 Å². The van der Waals surface area contributed by atoms with E-state index < -0.39 is 0 Å². The van der Waals surface area contributed by atoms with Crippen molar-refractivity contribution in [2.24, 2.45) is 4.99 Å². The molecular formula is C15H18N4OS. The molecule has 1 aromatic carbocycles. The van der Waals surface area contributed by atoms with Crippen LogP contribution in [0.2, 0.25) is 0 Å². The standard InChI is InChI=1S/C15H18N4OS/c1-11-3-5-13(6-4-11)20-9-12-10-21-15(18-12)19-14-16-7-2-8-17-14/h3-6,10H,2,7-9H2,1H3,(H2,16,17,18,19). The fourth-order valence-electron chi connectivity index (χ4n) is 1.94. The Hall–Kier alpha value is -2.08. The number of aryl methyl sites for hydroxylation is 1. The first-order valence-corrected chi connectivity index (χ1v) is 7.87. The Morgan fingerprint density at radius 1 is 1.33 bits per heavy atom. The third kappa shape index (κ3) is 3.95. The van der Waals surface area contributed by atoms with Crippen LogP contribution in [0.1, 0.15) is 17.7 Å². The fraction of sp³-hybridized carbons (Fsp3) is 0.333. The first kappa shape index (κ1) is 13.9. The van der Waals surface area contributed by atoms with E-state index in [1.807, 2.05) is 29.6 Å². The minimum atomic E-state index is 0.473. The Labute approximate surface area is 128 Å². The minimum absolute atomic E-state index is 0.473. The van der Waals surface area contributed by atoms with Crippen LogP contribution in [-0.2, 0) is 6.61 Å². The molecule has 0 amide bonds. The van der Waals surface area contributed by atoms with E-state index in [2.05, 4.69) is 27.5 Å². The maximum atomic E-state index is 5.72. The van der Waals surface area contributed by atoms with Crippen LogP contribution in [-0.4, -0.2) is 24.0 Å². The molecule has 0 unspecified atom stereocenters. The van der Waals surface area contributed by atoms with Crippen LogP contribution in [0.15, 0.2) is 34.6 Å². The molecule has 1 aliphatic rings. The van der Waals surface area contributed by atoms with Gasteiger partial charge in [-0.1, -0.05) is 17.7 Å². The van der Waals surface area contributed by atoms with Crippen molar-refractivity contribution in [3.05, 3.63) is 40.9 Å². The van der Waals surface area contributed by atoms with E-state index in [4.69, 9.17) is 4.74 Å². The second-order valence-electron chi connectivity index (χ2n) is 4.88. The third-order valence-electron chi connectivity index (χ3n) is 3.08. The van der Waals surface area contributed by atoms with Crippen molar-refractivity contribution in [2.45, 2.75) is 20.0 Å². The molecule has 0 aliphatic carbocycles. The molecule has 0 radical (unpaired) electrons. The van der Waals surface area contributed by atoms with Gasteiger partial charge in [0.05, 0.1) is 5.69 Å². The van der Waals surface area contributed by atoms with Gasteiger partial charge in [-0.15, -0.1) is 11.3 Å². The zero-order chi connectivity index (χ0) is 14.5. The molecule has 6 heteroatoms. The zero-order valence-corrected chi connectivity index (χ0v) is 12.7. The second kappa shape index (κ2) is 6.58. The number of anilines is 1. The highest BCUT2D eigenvalue weighted by Crippen LogP contribution is 2.18. The average molecular weight is 302 g/mol. The van der Waals surface area contributed by atoms with Gasteiger partial charge in [-0.2, -0.15) is 0 Å². The normalized spacial score (nSPS) is 14.2. The topological polar surface area (TPSA) is 58.5 Å². The van der Waals surface area contributed by atoms with Crippen LogP contribution < -0.4 is 15.4 Å². The summed E-state index contributed by atoms with van der Waals surface area (Å²) in [4.78, 5) is 8.86. The van der Waals surface area contributed by atoms with E-state index in [1.165, 1.54) is 5.56 Å². The number of thiazole rings is 1. The highest BCUT2D eigenvalue weighted by Gasteiger charge is 2.07. The molecule has 0 saturated heterocycles. The lowest BCUT2D eigenvalue weighted by molar-refractivity contribution is 0.302. The van der Waals surface area contributed by atoms with Crippen LogP contribution in [0.4, 0.5) is 5.13 Å². The molecule has 21 heavy (non-hydrogen) atoms. The molecule has 0 saturated carbocycles. The van der Waals surface area contributed by atoms with Crippen molar-refractivity contribution >= 4 is 22.4 Å². The van der Waals surface area contributed by atoms with Crippen LogP contribution >= 0.6 is 11.3 Å². The quantitative estimate of drug-likeness (QED) is 0.912. The molecule has 0 spiro atoms. The van der Waals surface area contributed by atoms with Gasteiger partial charge in [-0.25, -0.2) is 4.98 Å². The molecule has 110 valence electrons. The molecule has 1 aromatic heterocycles. The summed E-state index contributed by atoms with van der Waals surface area (Å²) >= 11 is 1.56. The van der Waals surface area contributed by atoms with Gasteiger partial charge in [0.1, 0.15) is 12.4 Å². The summed E-state index contributed by atoms with van der Waals surface area (Å²) in [7, 11) is 0. The first-order chi connectivity index (χ1) is 10.3. The van der Waals surface area contributed by atoms with Crippen molar-refractivity contribution in [1.29, 1.82) is 0 Å². The first-order valence-electron chi connectivity index (χ1n) is 6.99. The van der Waals surface area contributed by atoms with Gasteiger partial charge in [0, 0.05) is 18.5 Å². The minimum Gasteiger partial charge on any atom is -0.487 e.